The second kappa shape index (κ2) is 8.92. The van der Waals surface area contributed by atoms with Gasteiger partial charge in [0.05, 0.1) is 0 Å². The van der Waals surface area contributed by atoms with Crippen molar-refractivity contribution in [3.63, 3.8) is 0 Å². The van der Waals surface area contributed by atoms with Gasteiger partial charge in [0.2, 0.25) is 0 Å². The molecule has 1 rings (SSSR count). The van der Waals surface area contributed by atoms with Gasteiger partial charge in [0.15, 0.2) is 0 Å². The van der Waals surface area contributed by atoms with Gasteiger partial charge < -0.3 is 11.1 Å². The highest BCUT2D eigenvalue weighted by molar-refractivity contribution is 5.98. The number of benzene rings is 1. The molecule has 3 heteroatoms. The molecule has 0 spiro atoms. The monoisotopic (exact) mass is 221 g/mol. The van der Waals surface area contributed by atoms with Gasteiger partial charge in [-0.25, -0.2) is 0 Å². The molecule has 90 valence electrons. The topological polar surface area (TPSA) is 50.4 Å². The summed E-state index contributed by atoms with van der Waals surface area (Å²) in [5, 5.41) is 3.04. The summed E-state index contributed by atoms with van der Waals surface area (Å²) in [4.78, 5) is 4.13. The van der Waals surface area contributed by atoms with Gasteiger partial charge in [0, 0.05) is 19.7 Å². The molecule has 3 N–H and O–H groups in total. The van der Waals surface area contributed by atoms with Crippen LogP contribution in [0.1, 0.15) is 25.0 Å². The van der Waals surface area contributed by atoms with Crippen LogP contribution < -0.4 is 11.1 Å². The third-order valence-electron chi connectivity index (χ3n) is 2.12. The number of amidine groups is 1. The summed E-state index contributed by atoms with van der Waals surface area (Å²) in [6.45, 7) is 4.69. The van der Waals surface area contributed by atoms with Gasteiger partial charge >= 0.3 is 0 Å². The maximum absolute atomic E-state index is 5.47. The van der Waals surface area contributed by atoms with E-state index in [0.29, 0.717) is 6.54 Å². The van der Waals surface area contributed by atoms with E-state index in [4.69, 9.17) is 5.73 Å². The Balaban J connectivity index is 0.00000106. The highest BCUT2D eigenvalue weighted by Crippen LogP contribution is 2.04. The molecular formula is C13H23N3. The van der Waals surface area contributed by atoms with Gasteiger partial charge in [0.25, 0.3) is 0 Å². The van der Waals surface area contributed by atoms with Gasteiger partial charge in [-0.2, -0.15) is 0 Å². The SMILES string of the molecule is CC.CN=C(NC)c1ccc(CCN)cc1. The molecule has 0 bridgehead atoms. The first-order valence-electron chi connectivity index (χ1n) is 5.75. The zero-order valence-electron chi connectivity index (χ0n) is 10.7. The molecule has 0 heterocycles. The minimum atomic E-state index is 0.695. The second-order valence-electron chi connectivity index (χ2n) is 3.06. The maximum Gasteiger partial charge on any atom is 0.127 e. The molecule has 0 atom stereocenters. The number of nitrogens with two attached hydrogens (primary N) is 1. The van der Waals surface area contributed by atoms with E-state index in [1.54, 1.807) is 7.05 Å². The number of hydrogen-bond donors (Lipinski definition) is 2. The Morgan fingerprint density at radius 1 is 1.25 bits per heavy atom. The molecule has 0 aromatic heterocycles. The average molecular weight is 221 g/mol. The highest BCUT2D eigenvalue weighted by atomic mass is 14.9. The summed E-state index contributed by atoms with van der Waals surface area (Å²) in [5.41, 5.74) is 7.85. The van der Waals surface area contributed by atoms with E-state index in [-0.39, 0.29) is 0 Å². The predicted octanol–water partition coefficient (Wildman–Crippen LogP) is 1.81. The largest absolute Gasteiger partial charge is 0.373 e. The minimum absolute atomic E-state index is 0.695. The third-order valence-corrected chi connectivity index (χ3v) is 2.12. The summed E-state index contributed by atoms with van der Waals surface area (Å²) in [5.74, 6) is 0.907. The van der Waals surface area contributed by atoms with E-state index >= 15 is 0 Å². The summed E-state index contributed by atoms with van der Waals surface area (Å²) in [6.07, 6.45) is 0.929. The summed E-state index contributed by atoms with van der Waals surface area (Å²) in [6, 6.07) is 8.29. The van der Waals surface area contributed by atoms with E-state index in [1.807, 2.05) is 20.9 Å². The van der Waals surface area contributed by atoms with E-state index in [2.05, 4.69) is 34.6 Å². The van der Waals surface area contributed by atoms with Crippen LogP contribution in [0.4, 0.5) is 0 Å². The second-order valence-corrected chi connectivity index (χ2v) is 3.06. The lowest BCUT2D eigenvalue weighted by Crippen LogP contribution is -2.19. The van der Waals surface area contributed by atoms with Crippen LogP contribution in [0.2, 0.25) is 0 Å². The first-order chi connectivity index (χ1) is 7.81. The highest BCUT2D eigenvalue weighted by Gasteiger charge is 1.99. The standard InChI is InChI=1S/C11H17N3.C2H6/c1-13-11(14-2)10-5-3-9(4-6-10)7-8-12;1-2/h3-6H,7-8,12H2,1-2H3,(H,13,14);1-2H3. The van der Waals surface area contributed by atoms with Crippen LogP contribution in [0.25, 0.3) is 0 Å². The quantitative estimate of drug-likeness (QED) is 0.604. The van der Waals surface area contributed by atoms with Crippen LogP contribution in [-0.2, 0) is 6.42 Å². The van der Waals surface area contributed by atoms with Crippen LogP contribution in [0.5, 0.6) is 0 Å². The van der Waals surface area contributed by atoms with Gasteiger partial charge in [-0.05, 0) is 18.5 Å². The Kier molecular flexibility index (Phi) is 8.17. The molecule has 1 aromatic rings. The van der Waals surface area contributed by atoms with Gasteiger partial charge in [0.1, 0.15) is 5.84 Å². The minimum Gasteiger partial charge on any atom is -0.373 e. The van der Waals surface area contributed by atoms with Crippen molar-refractivity contribution >= 4 is 5.84 Å². The normalized spacial score (nSPS) is 10.4. The molecule has 0 fully saturated rings. The van der Waals surface area contributed by atoms with Crippen LogP contribution >= 0.6 is 0 Å². The lowest BCUT2D eigenvalue weighted by atomic mass is 10.1. The van der Waals surface area contributed by atoms with Crippen molar-refractivity contribution in [1.29, 1.82) is 0 Å². The van der Waals surface area contributed by atoms with Crippen LogP contribution in [0, 0.1) is 0 Å². The molecule has 0 aliphatic carbocycles. The summed E-state index contributed by atoms with van der Waals surface area (Å²) >= 11 is 0. The number of nitrogens with zero attached hydrogens (tertiary/aromatic N) is 1. The zero-order valence-corrected chi connectivity index (χ0v) is 10.7. The molecular weight excluding hydrogens is 198 g/mol. The van der Waals surface area contributed by atoms with E-state index in [9.17, 15) is 0 Å². The molecule has 16 heavy (non-hydrogen) atoms. The molecule has 0 unspecified atom stereocenters. The van der Waals surface area contributed by atoms with Gasteiger partial charge in [-0.15, -0.1) is 0 Å². The average Bonchev–Trinajstić information content (AvgIpc) is 2.36. The third kappa shape index (κ3) is 4.45. The molecule has 0 saturated carbocycles. The first kappa shape index (κ1) is 14.6. The van der Waals surface area contributed by atoms with E-state index in [1.165, 1.54) is 5.56 Å². The van der Waals surface area contributed by atoms with Crippen molar-refractivity contribution in [3.8, 4) is 0 Å². The predicted molar refractivity (Wildman–Crippen MR) is 72.1 cm³/mol. The van der Waals surface area contributed by atoms with Crippen molar-refractivity contribution in [1.82, 2.24) is 5.32 Å². The van der Waals surface area contributed by atoms with Crippen LogP contribution in [0.3, 0.4) is 0 Å². The molecule has 3 nitrogen and oxygen atoms in total. The lowest BCUT2D eigenvalue weighted by molar-refractivity contribution is 0.968. The molecule has 0 radical (unpaired) electrons. The Morgan fingerprint density at radius 2 is 1.81 bits per heavy atom. The Hall–Kier alpha value is -1.35. The fourth-order valence-corrected chi connectivity index (χ4v) is 1.38. The Bertz CT molecular complexity index is 301. The number of aliphatic imine (C=N–C) groups is 1. The fourth-order valence-electron chi connectivity index (χ4n) is 1.38. The summed E-state index contributed by atoms with van der Waals surface area (Å²) < 4.78 is 0. The van der Waals surface area contributed by atoms with Gasteiger partial charge in [-0.1, -0.05) is 38.1 Å². The van der Waals surface area contributed by atoms with Crippen molar-refractivity contribution in [2.75, 3.05) is 20.6 Å². The zero-order chi connectivity index (χ0) is 12.4. The molecule has 1 aromatic carbocycles. The number of hydrogen-bond acceptors (Lipinski definition) is 2. The molecule has 0 saturated heterocycles. The smallest absolute Gasteiger partial charge is 0.127 e. The van der Waals surface area contributed by atoms with Crippen LogP contribution in [0.15, 0.2) is 29.3 Å². The van der Waals surface area contributed by atoms with Crippen LogP contribution in [-0.4, -0.2) is 26.5 Å². The van der Waals surface area contributed by atoms with Crippen molar-refractivity contribution < 1.29 is 0 Å². The Morgan fingerprint density at radius 3 is 2.19 bits per heavy atom. The van der Waals surface area contributed by atoms with Crippen molar-refractivity contribution in [2.45, 2.75) is 20.3 Å². The van der Waals surface area contributed by atoms with E-state index < -0.39 is 0 Å². The van der Waals surface area contributed by atoms with Gasteiger partial charge in [-0.3, -0.25) is 4.99 Å². The lowest BCUT2D eigenvalue weighted by Gasteiger charge is -2.05. The summed E-state index contributed by atoms with van der Waals surface area (Å²) in [7, 11) is 3.65. The fraction of sp³-hybridized carbons (Fsp3) is 0.462. The molecule has 0 aliphatic heterocycles. The first-order valence-corrected chi connectivity index (χ1v) is 5.75. The molecule has 0 aliphatic rings. The maximum atomic E-state index is 5.47. The Labute approximate surface area is 98.8 Å². The molecule has 0 amide bonds. The van der Waals surface area contributed by atoms with Crippen molar-refractivity contribution in [2.24, 2.45) is 10.7 Å². The van der Waals surface area contributed by atoms with E-state index in [0.717, 1.165) is 17.8 Å². The number of rotatable bonds is 3. The van der Waals surface area contributed by atoms with Crippen molar-refractivity contribution in [3.05, 3.63) is 35.4 Å². The number of nitrogens with one attached hydrogen (secondary N) is 1.